The second-order valence-corrected chi connectivity index (χ2v) is 3.73. The van der Waals surface area contributed by atoms with Crippen molar-refractivity contribution in [3.05, 3.63) is 34.8 Å². The van der Waals surface area contributed by atoms with Gasteiger partial charge in [-0.25, -0.2) is 4.98 Å². The molecule has 0 amide bonds. The van der Waals surface area contributed by atoms with Crippen LogP contribution < -0.4 is 0 Å². The van der Waals surface area contributed by atoms with E-state index in [4.69, 9.17) is 5.26 Å². The normalized spacial score (nSPS) is 9.93. The molecule has 0 unspecified atom stereocenters. The molecule has 2 rings (SSSR count). The van der Waals surface area contributed by atoms with Crippen LogP contribution in [0.4, 0.5) is 0 Å². The standard InChI is InChI=1S/C10H7BrN4/c1-15-8(6-12)9(11)14-10(15)7-2-4-13-5-3-7/h2-5H,1H3. The van der Waals surface area contributed by atoms with Crippen LogP contribution in [-0.2, 0) is 7.05 Å². The van der Waals surface area contributed by atoms with Crippen LogP contribution in [0.15, 0.2) is 29.1 Å². The lowest BCUT2D eigenvalue weighted by atomic mass is 10.2. The van der Waals surface area contributed by atoms with E-state index in [-0.39, 0.29) is 0 Å². The molecule has 4 nitrogen and oxygen atoms in total. The summed E-state index contributed by atoms with van der Waals surface area (Å²) in [7, 11) is 1.81. The Morgan fingerprint density at radius 3 is 2.60 bits per heavy atom. The molecule has 15 heavy (non-hydrogen) atoms. The predicted molar refractivity (Wildman–Crippen MR) is 58.9 cm³/mol. The zero-order valence-corrected chi connectivity index (χ0v) is 9.56. The van der Waals surface area contributed by atoms with Crippen LogP contribution in [0.2, 0.25) is 0 Å². The highest BCUT2D eigenvalue weighted by atomic mass is 79.9. The van der Waals surface area contributed by atoms with Gasteiger partial charge in [-0.3, -0.25) is 4.98 Å². The Kier molecular flexibility index (Phi) is 2.52. The molecule has 74 valence electrons. The first-order valence-electron chi connectivity index (χ1n) is 4.26. The number of imidazole rings is 1. The van der Waals surface area contributed by atoms with Gasteiger partial charge in [0.05, 0.1) is 0 Å². The molecule has 0 atom stereocenters. The molecule has 0 N–H and O–H groups in total. The van der Waals surface area contributed by atoms with Crippen LogP contribution in [0.1, 0.15) is 5.69 Å². The summed E-state index contributed by atoms with van der Waals surface area (Å²) >= 11 is 3.26. The van der Waals surface area contributed by atoms with Crippen molar-refractivity contribution < 1.29 is 0 Å². The number of aromatic nitrogens is 3. The Morgan fingerprint density at radius 2 is 2.07 bits per heavy atom. The molecule has 0 aromatic carbocycles. The van der Waals surface area contributed by atoms with Gasteiger partial charge in [-0.15, -0.1) is 0 Å². The molecule has 0 spiro atoms. The van der Waals surface area contributed by atoms with Gasteiger partial charge < -0.3 is 4.57 Å². The third kappa shape index (κ3) is 1.64. The molecule has 0 aliphatic heterocycles. The third-order valence-corrected chi connectivity index (χ3v) is 2.65. The number of nitrogens with zero attached hydrogens (tertiary/aromatic N) is 4. The van der Waals surface area contributed by atoms with Crippen LogP contribution in [0, 0.1) is 11.3 Å². The zero-order valence-electron chi connectivity index (χ0n) is 7.98. The highest BCUT2D eigenvalue weighted by molar-refractivity contribution is 9.10. The number of rotatable bonds is 1. The van der Waals surface area contributed by atoms with E-state index < -0.39 is 0 Å². The highest BCUT2D eigenvalue weighted by Crippen LogP contribution is 2.23. The Morgan fingerprint density at radius 1 is 1.40 bits per heavy atom. The van der Waals surface area contributed by atoms with Crippen LogP contribution in [0.3, 0.4) is 0 Å². The van der Waals surface area contributed by atoms with E-state index in [2.05, 4.69) is 32.0 Å². The van der Waals surface area contributed by atoms with Gasteiger partial charge in [0.25, 0.3) is 0 Å². The predicted octanol–water partition coefficient (Wildman–Crippen LogP) is 2.12. The maximum Gasteiger partial charge on any atom is 0.154 e. The number of halogens is 1. The molecule has 0 saturated heterocycles. The van der Waals surface area contributed by atoms with Crippen molar-refractivity contribution in [2.24, 2.45) is 7.05 Å². The first-order valence-corrected chi connectivity index (χ1v) is 5.06. The minimum Gasteiger partial charge on any atom is -0.318 e. The Hall–Kier alpha value is -1.67. The summed E-state index contributed by atoms with van der Waals surface area (Å²) in [6, 6.07) is 5.81. The maximum atomic E-state index is 8.91. The fraction of sp³-hybridized carbons (Fsp3) is 0.100. The van der Waals surface area contributed by atoms with E-state index in [1.54, 1.807) is 17.0 Å². The molecule has 0 fully saturated rings. The topological polar surface area (TPSA) is 54.5 Å². The summed E-state index contributed by atoms with van der Waals surface area (Å²) in [4.78, 5) is 8.22. The summed E-state index contributed by atoms with van der Waals surface area (Å²) in [5, 5.41) is 8.91. The van der Waals surface area contributed by atoms with Gasteiger partial charge in [0.15, 0.2) is 5.69 Å². The van der Waals surface area contributed by atoms with Gasteiger partial charge in [-0.1, -0.05) is 0 Å². The van der Waals surface area contributed by atoms with Crippen LogP contribution >= 0.6 is 15.9 Å². The molecular weight excluding hydrogens is 256 g/mol. The number of hydrogen-bond acceptors (Lipinski definition) is 3. The van der Waals surface area contributed by atoms with Gasteiger partial charge in [-0.2, -0.15) is 5.26 Å². The first-order chi connectivity index (χ1) is 7.24. The van der Waals surface area contributed by atoms with E-state index in [9.17, 15) is 0 Å². The van der Waals surface area contributed by atoms with E-state index in [1.807, 2.05) is 19.2 Å². The van der Waals surface area contributed by atoms with Crippen molar-refractivity contribution in [2.45, 2.75) is 0 Å². The van der Waals surface area contributed by atoms with E-state index >= 15 is 0 Å². The summed E-state index contributed by atoms with van der Waals surface area (Å²) in [5.41, 5.74) is 1.46. The van der Waals surface area contributed by atoms with E-state index in [1.165, 1.54) is 0 Å². The van der Waals surface area contributed by atoms with Gasteiger partial charge in [-0.05, 0) is 28.1 Å². The van der Waals surface area contributed by atoms with E-state index in [0.717, 1.165) is 11.4 Å². The summed E-state index contributed by atoms with van der Waals surface area (Å²) in [5.74, 6) is 0.751. The Balaban J connectivity index is 2.62. The number of nitriles is 1. The monoisotopic (exact) mass is 262 g/mol. The van der Waals surface area contributed by atoms with Crippen molar-refractivity contribution >= 4 is 15.9 Å². The van der Waals surface area contributed by atoms with Crippen LogP contribution in [-0.4, -0.2) is 14.5 Å². The van der Waals surface area contributed by atoms with Crippen LogP contribution in [0.25, 0.3) is 11.4 Å². The van der Waals surface area contributed by atoms with Gasteiger partial charge in [0.1, 0.15) is 16.5 Å². The largest absolute Gasteiger partial charge is 0.318 e. The van der Waals surface area contributed by atoms with Crippen molar-refractivity contribution in [1.82, 2.24) is 14.5 Å². The molecule has 0 radical (unpaired) electrons. The second kappa shape index (κ2) is 3.83. The van der Waals surface area contributed by atoms with Crippen molar-refractivity contribution in [3.8, 4) is 17.5 Å². The van der Waals surface area contributed by atoms with Crippen molar-refractivity contribution in [2.75, 3.05) is 0 Å². The number of pyridine rings is 1. The second-order valence-electron chi connectivity index (χ2n) is 2.98. The average molecular weight is 263 g/mol. The van der Waals surface area contributed by atoms with Gasteiger partial charge >= 0.3 is 0 Å². The van der Waals surface area contributed by atoms with E-state index in [0.29, 0.717) is 10.3 Å². The molecule has 0 saturated carbocycles. The Bertz CT molecular complexity index is 524. The lowest BCUT2D eigenvalue weighted by molar-refractivity contribution is 0.906. The smallest absolute Gasteiger partial charge is 0.154 e. The fourth-order valence-corrected chi connectivity index (χ4v) is 1.87. The molecule has 2 heterocycles. The minimum absolute atomic E-state index is 0.516. The SMILES string of the molecule is Cn1c(-c2ccncc2)nc(Br)c1C#N. The molecule has 0 aliphatic carbocycles. The van der Waals surface area contributed by atoms with Crippen molar-refractivity contribution in [3.63, 3.8) is 0 Å². The molecule has 0 aliphatic rings. The molecular formula is C10H7BrN4. The summed E-state index contributed by atoms with van der Waals surface area (Å²) in [6.45, 7) is 0. The number of hydrogen-bond donors (Lipinski definition) is 0. The van der Waals surface area contributed by atoms with Gasteiger partial charge in [0, 0.05) is 25.0 Å². The minimum atomic E-state index is 0.516. The molecule has 2 aromatic heterocycles. The van der Waals surface area contributed by atoms with Crippen LogP contribution in [0.5, 0.6) is 0 Å². The highest BCUT2D eigenvalue weighted by Gasteiger charge is 2.12. The fourth-order valence-electron chi connectivity index (χ4n) is 1.35. The molecule has 0 bridgehead atoms. The summed E-state index contributed by atoms with van der Waals surface area (Å²) < 4.78 is 2.32. The quantitative estimate of drug-likeness (QED) is 0.791. The maximum absolute atomic E-state index is 8.91. The van der Waals surface area contributed by atoms with Gasteiger partial charge in [0.2, 0.25) is 0 Å². The third-order valence-electron chi connectivity index (χ3n) is 2.10. The molecule has 2 aromatic rings. The zero-order chi connectivity index (χ0) is 10.8. The lowest BCUT2D eigenvalue weighted by Gasteiger charge is -2.00. The Labute approximate surface area is 95.3 Å². The summed E-state index contributed by atoms with van der Waals surface area (Å²) in [6.07, 6.45) is 3.40. The lowest BCUT2D eigenvalue weighted by Crippen LogP contribution is -1.95. The first kappa shape index (κ1) is 9.87. The van der Waals surface area contributed by atoms with Crippen molar-refractivity contribution in [1.29, 1.82) is 5.26 Å². The average Bonchev–Trinajstić information content (AvgIpc) is 2.55. The molecule has 5 heteroatoms.